The Labute approximate surface area is 149 Å². The van der Waals surface area contributed by atoms with Gasteiger partial charge >= 0.3 is 0 Å². The molecule has 2 aromatic rings. The zero-order valence-corrected chi connectivity index (χ0v) is 15.3. The van der Waals surface area contributed by atoms with E-state index in [1.807, 2.05) is 0 Å². The van der Waals surface area contributed by atoms with Gasteiger partial charge in [0, 0.05) is 44.7 Å². The van der Waals surface area contributed by atoms with Crippen LogP contribution in [-0.4, -0.2) is 55.8 Å². The van der Waals surface area contributed by atoms with Crippen LogP contribution in [0, 0.1) is 6.92 Å². The Bertz CT molecular complexity index is 594. The van der Waals surface area contributed by atoms with E-state index >= 15 is 0 Å². The van der Waals surface area contributed by atoms with E-state index in [-0.39, 0.29) is 0 Å². The third-order valence-electron chi connectivity index (χ3n) is 4.39. The molecule has 24 heavy (non-hydrogen) atoms. The molecule has 1 fully saturated rings. The number of benzene rings is 1. The molecule has 0 unspecified atom stereocenters. The number of ether oxygens (including phenoxy) is 1. The van der Waals surface area contributed by atoms with Crippen LogP contribution < -0.4 is 4.90 Å². The molecule has 0 radical (unpaired) electrons. The summed E-state index contributed by atoms with van der Waals surface area (Å²) in [6.45, 7) is 9.30. The third-order valence-corrected chi connectivity index (χ3v) is 5.41. The second kappa shape index (κ2) is 9.16. The summed E-state index contributed by atoms with van der Waals surface area (Å²) in [5, 5.41) is 3.31. The molecule has 5 heteroatoms. The molecule has 0 atom stereocenters. The molecular weight excluding hydrogens is 318 g/mol. The van der Waals surface area contributed by atoms with Crippen molar-refractivity contribution in [2.24, 2.45) is 0 Å². The fraction of sp³-hybridized carbons (Fsp3) is 0.526. The first-order valence-electron chi connectivity index (χ1n) is 8.82. The molecule has 1 aromatic carbocycles. The third kappa shape index (κ3) is 5.30. The summed E-state index contributed by atoms with van der Waals surface area (Å²) in [5.74, 6) is 0. The zero-order chi connectivity index (χ0) is 16.6. The van der Waals surface area contributed by atoms with Crippen molar-refractivity contribution >= 4 is 16.5 Å². The van der Waals surface area contributed by atoms with Crippen LogP contribution in [-0.2, 0) is 11.2 Å². The van der Waals surface area contributed by atoms with E-state index in [0.29, 0.717) is 0 Å². The standard InChI is InChI=1S/C19H27N3OS/c1-17-16-24-19(20-17)22-12-10-21(11-13-22)9-5-14-23-15-8-18-6-3-2-4-7-18/h2-4,6-7,16H,5,8-15H2,1H3. The average Bonchev–Trinajstić information content (AvgIpc) is 3.06. The number of piperazine rings is 1. The number of hydrogen-bond acceptors (Lipinski definition) is 5. The molecule has 0 bridgehead atoms. The average molecular weight is 346 g/mol. The molecular formula is C19H27N3OS. The summed E-state index contributed by atoms with van der Waals surface area (Å²) in [6.07, 6.45) is 2.12. The van der Waals surface area contributed by atoms with Crippen molar-refractivity contribution in [1.29, 1.82) is 0 Å². The van der Waals surface area contributed by atoms with Crippen LogP contribution in [0.1, 0.15) is 17.7 Å². The lowest BCUT2D eigenvalue weighted by atomic mass is 10.2. The molecule has 0 N–H and O–H groups in total. The van der Waals surface area contributed by atoms with E-state index in [9.17, 15) is 0 Å². The summed E-state index contributed by atoms with van der Waals surface area (Å²) in [6, 6.07) is 10.5. The van der Waals surface area contributed by atoms with Gasteiger partial charge in [-0.2, -0.15) is 0 Å². The molecule has 1 aliphatic rings. The maximum atomic E-state index is 5.78. The van der Waals surface area contributed by atoms with Gasteiger partial charge in [-0.3, -0.25) is 4.90 Å². The highest BCUT2D eigenvalue weighted by molar-refractivity contribution is 7.13. The monoisotopic (exact) mass is 345 g/mol. The maximum absolute atomic E-state index is 5.78. The normalized spacial score (nSPS) is 15.8. The van der Waals surface area contributed by atoms with Crippen molar-refractivity contribution in [3.05, 3.63) is 47.0 Å². The summed E-state index contributed by atoms with van der Waals surface area (Å²) in [5.41, 5.74) is 2.48. The van der Waals surface area contributed by atoms with Crippen molar-refractivity contribution in [1.82, 2.24) is 9.88 Å². The summed E-state index contributed by atoms with van der Waals surface area (Å²) in [4.78, 5) is 9.53. The molecule has 0 aliphatic carbocycles. The van der Waals surface area contributed by atoms with Crippen LogP contribution in [0.5, 0.6) is 0 Å². The Hall–Kier alpha value is -1.43. The number of thiazole rings is 1. The van der Waals surface area contributed by atoms with Gasteiger partial charge in [0.2, 0.25) is 0 Å². The lowest BCUT2D eigenvalue weighted by Crippen LogP contribution is -2.46. The van der Waals surface area contributed by atoms with E-state index in [2.05, 4.69) is 57.4 Å². The maximum Gasteiger partial charge on any atom is 0.185 e. The highest BCUT2D eigenvalue weighted by atomic mass is 32.1. The molecule has 2 heterocycles. The van der Waals surface area contributed by atoms with Gasteiger partial charge in [-0.05, 0) is 25.3 Å². The van der Waals surface area contributed by atoms with Crippen LogP contribution >= 0.6 is 11.3 Å². The molecule has 1 saturated heterocycles. The second-order valence-electron chi connectivity index (χ2n) is 6.30. The minimum Gasteiger partial charge on any atom is -0.381 e. The predicted octanol–water partition coefficient (Wildman–Crippen LogP) is 3.22. The van der Waals surface area contributed by atoms with Crippen molar-refractivity contribution in [2.45, 2.75) is 19.8 Å². The molecule has 0 amide bonds. The van der Waals surface area contributed by atoms with Gasteiger partial charge in [-0.15, -0.1) is 11.3 Å². The lowest BCUT2D eigenvalue weighted by molar-refractivity contribution is 0.122. The van der Waals surface area contributed by atoms with Gasteiger partial charge in [-0.1, -0.05) is 30.3 Å². The van der Waals surface area contributed by atoms with E-state index < -0.39 is 0 Å². The Morgan fingerprint density at radius 3 is 2.58 bits per heavy atom. The van der Waals surface area contributed by atoms with Gasteiger partial charge in [-0.25, -0.2) is 4.98 Å². The van der Waals surface area contributed by atoms with E-state index in [0.717, 1.165) is 64.5 Å². The Morgan fingerprint density at radius 2 is 1.88 bits per heavy atom. The van der Waals surface area contributed by atoms with Crippen molar-refractivity contribution < 1.29 is 4.74 Å². The van der Waals surface area contributed by atoms with Crippen molar-refractivity contribution in [3.63, 3.8) is 0 Å². The van der Waals surface area contributed by atoms with Gasteiger partial charge < -0.3 is 9.64 Å². The van der Waals surface area contributed by atoms with Crippen LogP contribution in [0.3, 0.4) is 0 Å². The first-order chi connectivity index (χ1) is 11.8. The molecule has 1 aromatic heterocycles. The highest BCUT2D eigenvalue weighted by Gasteiger charge is 2.18. The highest BCUT2D eigenvalue weighted by Crippen LogP contribution is 2.21. The largest absolute Gasteiger partial charge is 0.381 e. The van der Waals surface area contributed by atoms with Crippen molar-refractivity contribution in [3.8, 4) is 0 Å². The topological polar surface area (TPSA) is 28.6 Å². The molecule has 130 valence electrons. The number of hydrogen-bond donors (Lipinski definition) is 0. The first-order valence-corrected chi connectivity index (χ1v) is 9.70. The minimum absolute atomic E-state index is 0.821. The van der Waals surface area contributed by atoms with Gasteiger partial charge in [0.05, 0.1) is 12.3 Å². The van der Waals surface area contributed by atoms with Gasteiger partial charge in [0.1, 0.15) is 0 Å². The van der Waals surface area contributed by atoms with E-state index in [1.54, 1.807) is 11.3 Å². The molecule has 0 saturated carbocycles. The number of anilines is 1. The van der Waals surface area contributed by atoms with E-state index in [4.69, 9.17) is 4.74 Å². The van der Waals surface area contributed by atoms with Crippen LogP contribution in [0.15, 0.2) is 35.7 Å². The second-order valence-corrected chi connectivity index (χ2v) is 7.14. The molecule has 0 spiro atoms. The van der Waals surface area contributed by atoms with Crippen LogP contribution in [0.4, 0.5) is 5.13 Å². The Kier molecular flexibility index (Phi) is 6.64. The molecule has 4 nitrogen and oxygen atoms in total. The SMILES string of the molecule is Cc1csc(N2CCN(CCCOCCc3ccccc3)CC2)n1. The van der Waals surface area contributed by atoms with E-state index in [1.165, 1.54) is 10.7 Å². The number of rotatable bonds is 8. The fourth-order valence-electron chi connectivity index (χ4n) is 2.98. The number of aromatic nitrogens is 1. The van der Waals surface area contributed by atoms with Gasteiger partial charge in [0.25, 0.3) is 0 Å². The molecule has 3 rings (SSSR count). The Morgan fingerprint density at radius 1 is 1.08 bits per heavy atom. The summed E-state index contributed by atoms with van der Waals surface area (Å²) in [7, 11) is 0. The quantitative estimate of drug-likeness (QED) is 0.687. The predicted molar refractivity (Wildman–Crippen MR) is 101 cm³/mol. The number of nitrogens with zero attached hydrogens (tertiary/aromatic N) is 3. The summed E-state index contributed by atoms with van der Waals surface area (Å²) < 4.78 is 5.78. The van der Waals surface area contributed by atoms with Gasteiger partial charge in [0.15, 0.2) is 5.13 Å². The van der Waals surface area contributed by atoms with Crippen LogP contribution in [0.2, 0.25) is 0 Å². The lowest BCUT2D eigenvalue weighted by Gasteiger charge is -2.34. The summed E-state index contributed by atoms with van der Waals surface area (Å²) >= 11 is 1.76. The van der Waals surface area contributed by atoms with Crippen molar-refractivity contribution in [2.75, 3.05) is 50.8 Å². The number of aryl methyl sites for hydroxylation is 1. The first kappa shape index (κ1) is 17.4. The van der Waals surface area contributed by atoms with Crippen LogP contribution in [0.25, 0.3) is 0 Å². The smallest absolute Gasteiger partial charge is 0.185 e. The fourth-order valence-corrected chi connectivity index (χ4v) is 3.83. The Balaban J connectivity index is 1.25. The zero-order valence-electron chi connectivity index (χ0n) is 14.5. The molecule has 1 aliphatic heterocycles. The minimum atomic E-state index is 0.821.